The summed E-state index contributed by atoms with van der Waals surface area (Å²) in [5.41, 5.74) is 2.27. The summed E-state index contributed by atoms with van der Waals surface area (Å²) in [7, 11) is 0. The number of nitrogens with one attached hydrogen (secondary N) is 1. The van der Waals surface area contributed by atoms with Crippen LogP contribution in [0.4, 0.5) is 0 Å². The minimum atomic E-state index is 0.642. The molecule has 3 heteroatoms. The van der Waals surface area contributed by atoms with Crippen LogP contribution in [0.5, 0.6) is 0 Å². The highest BCUT2D eigenvalue weighted by Crippen LogP contribution is 2.33. The van der Waals surface area contributed by atoms with Gasteiger partial charge < -0.3 is 5.32 Å². The zero-order valence-electron chi connectivity index (χ0n) is 11.4. The van der Waals surface area contributed by atoms with E-state index in [0.717, 1.165) is 30.0 Å². The standard InChI is InChI=1S/C15H23N3/c1-11-4-3-5-13(17-11)9-16-14-8-12(2)18(10-14)15-6-7-15/h3-5,12,14-16H,6-10H2,1-2H3. The van der Waals surface area contributed by atoms with Crippen molar-refractivity contribution in [1.29, 1.82) is 0 Å². The molecule has 2 unspecified atom stereocenters. The van der Waals surface area contributed by atoms with Crippen LogP contribution in [0.3, 0.4) is 0 Å². The number of aromatic nitrogens is 1. The molecule has 0 amide bonds. The van der Waals surface area contributed by atoms with E-state index >= 15 is 0 Å². The van der Waals surface area contributed by atoms with Gasteiger partial charge >= 0.3 is 0 Å². The molecular formula is C15H23N3. The second-order valence-electron chi connectivity index (χ2n) is 5.86. The van der Waals surface area contributed by atoms with Gasteiger partial charge in [0.15, 0.2) is 0 Å². The molecule has 1 N–H and O–H groups in total. The Bertz CT molecular complexity index is 414. The predicted molar refractivity (Wildman–Crippen MR) is 73.4 cm³/mol. The summed E-state index contributed by atoms with van der Waals surface area (Å²) < 4.78 is 0. The summed E-state index contributed by atoms with van der Waals surface area (Å²) in [6.45, 7) is 6.54. The quantitative estimate of drug-likeness (QED) is 0.880. The molecule has 2 atom stereocenters. The minimum absolute atomic E-state index is 0.642. The zero-order valence-corrected chi connectivity index (χ0v) is 11.4. The van der Waals surface area contributed by atoms with Crippen molar-refractivity contribution in [2.75, 3.05) is 6.54 Å². The summed E-state index contributed by atoms with van der Waals surface area (Å²) in [6.07, 6.45) is 4.11. The van der Waals surface area contributed by atoms with E-state index in [1.165, 1.54) is 25.8 Å². The first kappa shape index (κ1) is 12.1. The number of pyridine rings is 1. The van der Waals surface area contributed by atoms with Crippen LogP contribution in [0.2, 0.25) is 0 Å². The molecule has 1 aromatic heterocycles. The second-order valence-corrected chi connectivity index (χ2v) is 5.86. The molecule has 0 spiro atoms. The minimum Gasteiger partial charge on any atom is -0.307 e. The topological polar surface area (TPSA) is 28.2 Å². The van der Waals surface area contributed by atoms with E-state index in [9.17, 15) is 0 Å². The zero-order chi connectivity index (χ0) is 12.5. The Kier molecular flexibility index (Phi) is 3.35. The van der Waals surface area contributed by atoms with Gasteiger partial charge in [0.25, 0.3) is 0 Å². The fraction of sp³-hybridized carbons (Fsp3) is 0.667. The van der Waals surface area contributed by atoms with Crippen LogP contribution < -0.4 is 5.32 Å². The lowest BCUT2D eigenvalue weighted by molar-refractivity contribution is 0.255. The Labute approximate surface area is 110 Å². The van der Waals surface area contributed by atoms with Gasteiger partial charge in [-0.1, -0.05) is 6.07 Å². The third-order valence-corrected chi connectivity index (χ3v) is 4.16. The summed E-state index contributed by atoms with van der Waals surface area (Å²) in [5.74, 6) is 0. The number of nitrogens with zero attached hydrogens (tertiary/aromatic N) is 2. The van der Waals surface area contributed by atoms with Gasteiger partial charge in [-0.05, 0) is 45.2 Å². The van der Waals surface area contributed by atoms with Gasteiger partial charge in [0.05, 0.1) is 5.69 Å². The van der Waals surface area contributed by atoms with Crippen molar-refractivity contribution >= 4 is 0 Å². The molecule has 2 aliphatic rings. The molecule has 3 nitrogen and oxygen atoms in total. The first-order valence-corrected chi connectivity index (χ1v) is 7.14. The molecule has 3 rings (SSSR count). The van der Waals surface area contributed by atoms with Crippen molar-refractivity contribution in [3.8, 4) is 0 Å². The Balaban J connectivity index is 1.52. The maximum atomic E-state index is 4.54. The smallest absolute Gasteiger partial charge is 0.0544 e. The number of aryl methyl sites for hydroxylation is 1. The maximum Gasteiger partial charge on any atom is 0.0544 e. The number of hydrogen-bond donors (Lipinski definition) is 1. The molecule has 2 heterocycles. The van der Waals surface area contributed by atoms with E-state index in [2.05, 4.69) is 47.2 Å². The molecule has 18 heavy (non-hydrogen) atoms. The van der Waals surface area contributed by atoms with Gasteiger partial charge in [0.2, 0.25) is 0 Å². The van der Waals surface area contributed by atoms with E-state index < -0.39 is 0 Å². The van der Waals surface area contributed by atoms with Gasteiger partial charge in [0.1, 0.15) is 0 Å². The fourth-order valence-corrected chi connectivity index (χ4v) is 3.07. The van der Waals surface area contributed by atoms with Gasteiger partial charge in [-0.3, -0.25) is 9.88 Å². The monoisotopic (exact) mass is 245 g/mol. The van der Waals surface area contributed by atoms with Crippen LogP contribution in [0.1, 0.15) is 37.6 Å². The average molecular weight is 245 g/mol. The third-order valence-electron chi connectivity index (χ3n) is 4.16. The van der Waals surface area contributed by atoms with E-state index in [1.807, 2.05) is 0 Å². The highest BCUT2D eigenvalue weighted by Gasteiger charge is 2.38. The highest BCUT2D eigenvalue weighted by atomic mass is 15.3. The van der Waals surface area contributed by atoms with Crippen molar-refractivity contribution in [1.82, 2.24) is 15.2 Å². The van der Waals surface area contributed by atoms with Crippen molar-refractivity contribution in [2.45, 2.75) is 57.8 Å². The summed E-state index contributed by atoms with van der Waals surface area (Å²) >= 11 is 0. The first-order valence-electron chi connectivity index (χ1n) is 7.14. The lowest BCUT2D eigenvalue weighted by Crippen LogP contribution is -2.34. The lowest BCUT2D eigenvalue weighted by atomic mass is 10.2. The van der Waals surface area contributed by atoms with E-state index in [-0.39, 0.29) is 0 Å². The highest BCUT2D eigenvalue weighted by molar-refractivity contribution is 5.10. The molecule has 1 saturated heterocycles. The Morgan fingerprint density at radius 3 is 2.94 bits per heavy atom. The Morgan fingerprint density at radius 1 is 1.39 bits per heavy atom. The normalized spacial score (nSPS) is 28.8. The molecule has 1 saturated carbocycles. The fourth-order valence-electron chi connectivity index (χ4n) is 3.07. The molecule has 0 aromatic carbocycles. The van der Waals surface area contributed by atoms with Gasteiger partial charge in [-0.25, -0.2) is 0 Å². The molecule has 1 aliphatic carbocycles. The molecule has 98 valence electrons. The Hall–Kier alpha value is -0.930. The number of rotatable bonds is 4. The summed E-state index contributed by atoms with van der Waals surface area (Å²) in [6, 6.07) is 8.53. The second kappa shape index (κ2) is 4.98. The third kappa shape index (κ3) is 2.73. The van der Waals surface area contributed by atoms with Crippen molar-refractivity contribution in [3.63, 3.8) is 0 Å². The van der Waals surface area contributed by atoms with Crippen molar-refractivity contribution in [3.05, 3.63) is 29.6 Å². The van der Waals surface area contributed by atoms with E-state index in [1.54, 1.807) is 0 Å². The largest absolute Gasteiger partial charge is 0.307 e. The van der Waals surface area contributed by atoms with Crippen LogP contribution in [0, 0.1) is 6.92 Å². The lowest BCUT2D eigenvalue weighted by Gasteiger charge is -2.19. The van der Waals surface area contributed by atoms with Crippen LogP contribution in [0.25, 0.3) is 0 Å². The molecule has 1 aliphatic heterocycles. The summed E-state index contributed by atoms with van der Waals surface area (Å²) in [5, 5.41) is 3.66. The number of hydrogen-bond acceptors (Lipinski definition) is 3. The molecule has 1 aromatic rings. The molecular weight excluding hydrogens is 222 g/mol. The van der Waals surface area contributed by atoms with Crippen molar-refractivity contribution in [2.24, 2.45) is 0 Å². The van der Waals surface area contributed by atoms with Crippen molar-refractivity contribution < 1.29 is 0 Å². The van der Waals surface area contributed by atoms with Crippen LogP contribution in [0.15, 0.2) is 18.2 Å². The van der Waals surface area contributed by atoms with Gasteiger partial charge in [-0.15, -0.1) is 0 Å². The SMILES string of the molecule is Cc1cccc(CNC2CC(C)N(C3CC3)C2)n1. The maximum absolute atomic E-state index is 4.54. The van der Waals surface area contributed by atoms with Gasteiger partial charge in [-0.2, -0.15) is 0 Å². The van der Waals surface area contributed by atoms with Gasteiger partial charge in [0, 0.05) is 36.9 Å². The van der Waals surface area contributed by atoms with E-state index in [4.69, 9.17) is 0 Å². The van der Waals surface area contributed by atoms with Crippen LogP contribution >= 0.6 is 0 Å². The molecule has 0 radical (unpaired) electrons. The molecule has 0 bridgehead atoms. The first-order chi connectivity index (χ1) is 8.72. The van der Waals surface area contributed by atoms with Crippen LogP contribution in [-0.2, 0) is 6.54 Å². The Morgan fingerprint density at radius 2 is 2.22 bits per heavy atom. The van der Waals surface area contributed by atoms with E-state index in [0.29, 0.717) is 6.04 Å². The predicted octanol–water partition coefficient (Wildman–Crippen LogP) is 2.10. The molecule has 2 fully saturated rings. The number of likely N-dealkylation sites (tertiary alicyclic amines) is 1. The van der Waals surface area contributed by atoms with Crippen LogP contribution in [-0.4, -0.2) is 34.6 Å². The average Bonchev–Trinajstić information content (AvgIpc) is 3.11. The summed E-state index contributed by atoms with van der Waals surface area (Å²) in [4.78, 5) is 7.23.